The van der Waals surface area contributed by atoms with Crippen molar-refractivity contribution in [1.29, 1.82) is 0 Å². The van der Waals surface area contributed by atoms with Crippen LogP contribution in [0.3, 0.4) is 0 Å². The first-order valence-electron chi connectivity index (χ1n) is 9.21. The molecule has 1 saturated carbocycles. The molecule has 2 fully saturated rings. The largest absolute Gasteiger partial charge is 0.391 e. The highest BCUT2D eigenvalue weighted by atomic mass is 35.5. The summed E-state index contributed by atoms with van der Waals surface area (Å²) in [6.45, 7) is 2.02. The number of amides is 1. The number of benzene rings is 1. The van der Waals surface area contributed by atoms with Crippen molar-refractivity contribution in [3.05, 3.63) is 29.3 Å². The molecule has 1 aromatic heterocycles. The second-order valence-corrected chi connectivity index (χ2v) is 8.44. The molecule has 1 amide bonds. The van der Waals surface area contributed by atoms with E-state index in [0.29, 0.717) is 18.3 Å². The zero-order valence-corrected chi connectivity index (χ0v) is 17.5. The average molecular weight is 432 g/mol. The van der Waals surface area contributed by atoms with Gasteiger partial charge in [0.05, 0.1) is 27.4 Å². The SMILES string of the molecule is Cl.Cl.O=C(CCCc1nc2ccccc2s1)N[C@H]1C[C@H]2CNC[C@H]2C[C@@H]1O. The summed E-state index contributed by atoms with van der Waals surface area (Å²) < 4.78 is 1.20. The van der Waals surface area contributed by atoms with E-state index in [9.17, 15) is 9.90 Å². The van der Waals surface area contributed by atoms with E-state index in [0.717, 1.165) is 49.3 Å². The molecule has 8 heteroatoms. The first-order valence-corrected chi connectivity index (χ1v) is 10.0. The number of aromatic nitrogens is 1. The second-order valence-electron chi connectivity index (χ2n) is 7.32. The van der Waals surface area contributed by atoms with E-state index in [1.54, 1.807) is 11.3 Å². The highest BCUT2D eigenvalue weighted by Crippen LogP contribution is 2.33. The lowest BCUT2D eigenvalue weighted by Crippen LogP contribution is -2.49. The van der Waals surface area contributed by atoms with Crippen molar-refractivity contribution < 1.29 is 9.90 Å². The van der Waals surface area contributed by atoms with Crippen LogP contribution in [0.2, 0.25) is 0 Å². The number of hydrogen-bond donors (Lipinski definition) is 3. The van der Waals surface area contributed by atoms with Crippen molar-refractivity contribution in [2.75, 3.05) is 13.1 Å². The predicted molar refractivity (Wildman–Crippen MR) is 114 cm³/mol. The number of thiazole rings is 1. The van der Waals surface area contributed by atoms with Gasteiger partial charge in [0, 0.05) is 6.42 Å². The summed E-state index contributed by atoms with van der Waals surface area (Å²) in [5.74, 6) is 1.22. The second kappa shape index (κ2) is 10.0. The third kappa shape index (κ3) is 5.33. The number of nitrogens with zero attached hydrogens (tertiary/aromatic N) is 1. The Kier molecular flexibility index (Phi) is 8.31. The van der Waals surface area contributed by atoms with Crippen molar-refractivity contribution in [3.8, 4) is 0 Å². The Morgan fingerprint density at radius 2 is 1.96 bits per heavy atom. The van der Waals surface area contributed by atoms with Crippen LogP contribution in [0, 0.1) is 11.8 Å². The Hall–Kier alpha value is -0.920. The van der Waals surface area contributed by atoms with E-state index in [2.05, 4.69) is 21.7 Å². The molecule has 27 heavy (non-hydrogen) atoms. The van der Waals surface area contributed by atoms with Crippen LogP contribution in [0.5, 0.6) is 0 Å². The molecule has 1 aromatic carbocycles. The maximum Gasteiger partial charge on any atom is 0.220 e. The first-order chi connectivity index (χ1) is 12.2. The lowest BCUT2D eigenvalue weighted by Gasteiger charge is -2.35. The fourth-order valence-corrected chi connectivity index (χ4v) is 5.17. The minimum atomic E-state index is -0.408. The Bertz CT molecular complexity index is 724. The fraction of sp³-hybridized carbons (Fsp3) is 0.579. The Labute approximate surface area is 176 Å². The van der Waals surface area contributed by atoms with Crippen molar-refractivity contribution in [2.45, 2.75) is 44.2 Å². The van der Waals surface area contributed by atoms with Crippen molar-refractivity contribution >= 4 is 52.3 Å². The molecule has 0 radical (unpaired) electrons. The molecule has 2 aromatic rings. The van der Waals surface area contributed by atoms with Gasteiger partial charge >= 0.3 is 0 Å². The molecule has 2 aliphatic rings. The van der Waals surface area contributed by atoms with E-state index >= 15 is 0 Å². The average Bonchev–Trinajstić information content (AvgIpc) is 3.20. The Morgan fingerprint density at radius 1 is 1.22 bits per heavy atom. The fourth-order valence-electron chi connectivity index (χ4n) is 4.16. The van der Waals surface area contributed by atoms with Gasteiger partial charge in [0.25, 0.3) is 0 Å². The van der Waals surface area contributed by atoms with Gasteiger partial charge in [0.2, 0.25) is 5.91 Å². The number of carbonyl (C=O) groups excluding carboxylic acids is 1. The van der Waals surface area contributed by atoms with Gasteiger partial charge in [0.1, 0.15) is 0 Å². The number of aryl methyl sites for hydroxylation is 1. The molecule has 4 atom stereocenters. The summed E-state index contributed by atoms with van der Waals surface area (Å²) >= 11 is 1.71. The van der Waals surface area contributed by atoms with Crippen molar-refractivity contribution in [1.82, 2.24) is 15.6 Å². The molecule has 0 bridgehead atoms. The molecule has 1 saturated heterocycles. The van der Waals surface area contributed by atoms with Gasteiger partial charge in [-0.15, -0.1) is 36.2 Å². The molecule has 4 rings (SSSR count). The van der Waals surface area contributed by atoms with E-state index in [4.69, 9.17) is 0 Å². The standard InChI is InChI=1S/C19H25N3O2S.2ClH/c23-16-9-13-11-20-10-12(13)8-15(16)21-18(24)6-3-7-19-22-14-4-1-2-5-17(14)25-19;;/h1-2,4-5,12-13,15-16,20,23H,3,6-11H2,(H,21,24);2*1H/t12-,13+,15-,16-;;/m0../s1. The maximum absolute atomic E-state index is 12.3. The number of halogens is 2. The summed E-state index contributed by atoms with van der Waals surface area (Å²) in [5.41, 5.74) is 1.04. The van der Waals surface area contributed by atoms with Crippen molar-refractivity contribution in [3.63, 3.8) is 0 Å². The van der Waals surface area contributed by atoms with Gasteiger partial charge in [-0.05, 0) is 62.7 Å². The maximum atomic E-state index is 12.3. The molecule has 0 spiro atoms. The van der Waals surface area contributed by atoms with Crippen LogP contribution in [-0.2, 0) is 11.2 Å². The summed E-state index contributed by atoms with van der Waals surface area (Å²) in [5, 5.41) is 17.8. The molecule has 1 aliphatic carbocycles. The van der Waals surface area contributed by atoms with Crippen LogP contribution in [-0.4, -0.2) is 41.2 Å². The summed E-state index contributed by atoms with van der Waals surface area (Å²) in [6, 6.07) is 8.05. The monoisotopic (exact) mass is 431 g/mol. The smallest absolute Gasteiger partial charge is 0.220 e. The zero-order chi connectivity index (χ0) is 17.2. The third-order valence-electron chi connectivity index (χ3n) is 5.52. The van der Waals surface area contributed by atoms with E-state index in [1.807, 2.05) is 18.2 Å². The molecule has 1 aliphatic heterocycles. The van der Waals surface area contributed by atoms with Crippen LogP contribution < -0.4 is 10.6 Å². The normalized spacial score (nSPS) is 26.7. The van der Waals surface area contributed by atoms with E-state index < -0.39 is 6.10 Å². The summed E-state index contributed by atoms with van der Waals surface area (Å²) in [6.07, 6.45) is 3.40. The lowest BCUT2D eigenvalue weighted by molar-refractivity contribution is -0.123. The van der Waals surface area contributed by atoms with Crippen LogP contribution in [0.15, 0.2) is 24.3 Å². The summed E-state index contributed by atoms with van der Waals surface area (Å²) in [7, 11) is 0. The Morgan fingerprint density at radius 3 is 2.74 bits per heavy atom. The van der Waals surface area contributed by atoms with Crippen LogP contribution in [0.1, 0.15) is 30.7 Å². The number of aliphatic hydroxyl groups is 1. The molecule has 3 N–H and O–H groups in total. The van der Waals surface area contributed by atoms with Gasteiger partial charge in [-0.2, -0.15) is 0 Å². The minimum Gasteiger partial charge on any atom is -0.391 e. The third-order valence-corrected chi connectivity index (χ3v) is 6.62. The van der Waals surface area contributed by atoms with Crippen LogP contribution in [0.4, 0.5) is 0 Å². The Balaban J connectivity index is 0.00000131. The van der Waals surface area contributed by atoms with Crippen molar-refractivity contribution in [2.24, 2.45) is 11.8 Å². The molecule has 5 nitrogen and oxygen atoms in total. The number of rotatable bonds is 5. The summed E-state index contributed by atoms with van der Waals surface area (Å²) in [4.78, 5) is 16.9. The predicted octanol–water partition coefficient (Wildman–Crippen LogP) is 2.94. The topological polar surface area (TPSA) is 74.2 Å². The van der Waals surface area contributed by atoms with Crippen LogP contribution in [0.25, 0.3) is 10.2 Å². The van der Waals surface area contributed by atoms with Gasteiger partial charge in [-0.1, -0.05) is 12.1 Å². The van der Waals surface area contributed by atoms with E-state index in [1.165, 1.54) is 4.70 Å². The first kappa shape index (κ1) is 22.4. The number of nitrogens with one attached hydrogen (secondary N) is 2. The molecular weight excluding hydrogens is 405 g/mol. The lowest BCUT2D eigenvalue weighted by atomic mass is 9.77. The van der Waals surface area contributed by atoms with Gasteiger partial charge in [-0.3, -0.25) is 4.79 Å². The number of aliphatic hydroxyl groups excluding tert-OH is 1. The number of para-hydroxylation sites is 1. The number of hydrogen-bond acceptors (Lipinski definition) is 5. The molecule has 0 unspecified atom stereocenters. The highest BCUT2D eigenvalue weighted by Gasteiger charge is 2.39. The molecular formula is C19H27Cl2N3O2S. The minimum absolute atomic E-state index is 0. The number of carbonyl (C=O) groups is 1. The number of fused-ring (bicyclic) bond motifs is 2. The molecule has 2 heterocycles. The zero-order valence-electron chi connectivity index (χ0n) is 15.1. The molecule has 150 valence electrons. The quantitative estimate of drug-likeness (QED) is 0.679. The van der Waals surface area contributed by atoms with Crippen LogP contribution >= 0.6 is 36.2 Å². The van der Waals surface area contributed by atoms with Gasteiger partial charge in [0.15, 0.2) is 0 Å². The van der Waals surface area contributed by atoms with Gasteiger partial charge < -0.3 is 15.7 Å². The van der Waals surface area contributed by atoms with Gasteiger partial charge in [-0.25, -0.2) is 4.98 Å². The highest BCUT2D eigenvalue weighted by molar-refractivity contribution is 7.18. The van der Waals surface area contributed by atoms with E-state index in [-0.39, 0.29) is 36.8 Å².